The van der Waals surface area contributed by atoms with Crippen LogP contribution in [0.5, 0.6) is 0 Å². The van der Waals surface area contributed by atoms with Crippen LogP contribution in [0, 0.1) is 10.5 Å². The third-order valence-corrected chi connectivity index (χ3v) is 4.52. The number of carbonyl (C=O) groups is 2. The number of nitrogens with zero attached hydrogens (tertiary/aromatic N) is 1. The van der Waals surface area contributed by atoms with E-state index in [0.717, 1.165) is 14.7 Å². The van der Waals surface area contributed by atoms with Crippen LogP contribution in [0.15, 0.2) is 47.6 Å². The molecule has 0 spiro atoms. The number of rotatable bonds is 6. The predicted molar refractivity (Wildman–Crippen MR) is 109 cm³/mol. The fraction of sp³-hybridized carbons (Fsp3) is 0.167. The van der Waals surface area contributed by atoms with Gasteiger partial charge in [-0.2, -0.15) is 5.10 Å². The molecule has 2 amide bonds. The highest BCUT2D eigenvalue weighted by molar-refractivity contribution is 14.1. The SMILES string of the molecule is Cc1c(Cl)cccc1NC(=O)CCC(=O)N/N=C\c1ccc(I)cc1. The fourth-order valence-corrected chi connectivity index (χ4v) is 2.50. The topological polar surface area (TPSA) is 70.6 Å². The zero-order valence-corrected chi connectivity index (χ0v) is 16.5. The molecule has 0 aliphatic heterocycles. The number of carbonyl (C=O) groups excluding carboxylic acids is 2. The van der Waals surface area contributed by atoms with Crippen molar-refractivity contribution in [3.05, 3.63) is 62.2 Å². The zero-order valence-electron chi connectivity index (χ0n) is 13.6. The molecule has 130 valence electrons. The van der Waals surface area contributed by atoms with Crippen LogP contribution in [0.25, 0.3) is 0 Å². The second-order valence-electron chi connectivity index (χ2n) is 5.31. The van der Waals surface area contributed by atoms with Gasteiger partial charge in [0.25, 0.3) is 0 Å². The molecule has 2 rings (SSSR count). The van der Waals surface area contributed by atoms with Crippen molar-refractivity contribution >= 4 is 57.9 Å². The standard InChI is InChI=1S/C18H17ClIN3O2/c1-12-15(19)3-2-4-16(12)22-17(24)9-10-18(25)23-21-11-13-5-7-14(20)8-6-13/h2-8,11H,9-10H2,1H3,(H,22,24)(H,23,25)/b21-11-. The summed E-state index contributed by atoms with van der Waals surface area (Å²) < 4.78 is 1.12. The van der Waals surface area contributed by atoms with Crippen LogP contribution in [-0.2, 0) is 9.59 Å². The van der Waals surface area contributed by atoms with Gasteiger partial charge in [-0.05, 0) is 64.9 Å². The lowest BCUT2D eigenvalue weighted by atomic mass is 10.2. The molecule has 0 unspecified atom stereocenters. The average molecular weight is 470 g/mol. The number of hydrazone groups is 1. The van der Waals surface area contributed by atoms with E-state index in [2.05, 4.69) is 38.4 Å². The molecular weight excluding hydrogens is 453 g/mol. The van der Waals surface area contributed by atoms with Gasteiger partial charge in [0.05, 0.1) is 6.21 Å². The molecule has 0 saturated heterocycles. The number of anilines is 1. The van der Waals surface area contributed by atoms with E-state index in [-0.39, 0.29) is 24.7 Å². The van der Waals surface area contributed by atoms with E-state index in [1.165, 1.54) is 0 Å². The van der Waals surface area contributed by atoms with Crippen LogP contribution >= 0.6 is 34.2 Å². The molecule has 0 radical (unpaired) electrons. The number of hydrogen-bond donors (Lipinski definition) is 2. The van der Waals surface area contributed by atoms with Gasteiger partial charge >= 0.3 is 0 Å². The first-order valence-corrected chi connectivity index (χ1v) is 9.04. The minimum absolute atomic E-state index is 0.0511. The maximum atomic E-state index is 11.9. The van der Waals surface area contributed by atoms with Crippen molar-refractivity contribution in [2.45, 2.75) is 19.8 Å². The summed E-state index contributed by atoms with van der Waals surface area (Å²) in [5.74, 6) is -0.568. The van der Waals surface area contributed by atoms with Crippen molar-refractivity contribution in [2.24, 2.45) is 5.10 Å². The molecule has 2 aromatic rings. The lowest BCUT2D eigenvalue weighted by Gasteiger charge is -2.09. The summed E-state index contributed by atoms with van der Waals surface area (Å²) in [5, 5.41) is 7.22. The Bertz CT molecular complexity index is 791. The van der Waals surface area contributed by atoms with Crippen molar-refractivity contribution < 1.29 is 9.59 Å². The molecule has 0 fully saturated rings. The van der Waals surface area contributed by atoms with E-state index < -0.39 is 0 Å². The van der Waals surface area contributed by atoms with E-state index >= 15 is 0 Å². The third-order valence-electron chi connectivity index (χ3n) is 3.39. The number of halogens is 2. The van der Waals surface area contributed by atoms with Crippen LogP contribution in [0.1, 0.15) is 24.0 Å². The van der Waals surface area contributed by atoms with E-state index in [0.29, 0.717) is 10.7 Å². The summed E-state index contributed by atoms with van der Waals surface area (Å²) in [6.07, 6.45) is 1.68. The Hall–Kier alpha value is -1.93. The number of benzene rings is 2. The molecule has 25 heavy (non-hydrogen) atoms. The molecule has 7 heteroatoms. The van der Waals surface area contributed by atoms with Gasteiger partial charge in [0, 0.05) is 27.1 Å². The molecule has 0 atom stereocenters. The Balaban J connectivity index is 1.76. The largest absolute Gasteiger partial charge is 0.326 e. The van der Waals surface area contributed by atoms with E-state index in [9.17, 15) is 9.59 Å². The van der Waals surface area contributed by atoms with Gasteiger partial charge in [-0.3, -0.25) is 9.59 Å². The number of nitrogens with one attached hydrogen (secondary N) is 2. The summed E-state index contributed by atoms with van der Waals surface area (Å²) in [6, 6.07) is 13.0. The second-order valence-corrected chi connectivity index (χ2v) is 6.96. The van der Waals surface area contributed by atoms with Crippen molar-refractivity contribution in [2.75, 3.05) is 5.32 Å². The minimum Gasteiger partial charge on any atom is -0.326 e. The lowest BCUT2D eigenvalue weighted by molar-refractivity contribution is -0.124. The normalized spacial score (nSPS) is 10.7. The van der Waals surface area contributed by atoms with Gasteiger partial charge in [0.15, 0.2) is 0 Å². The first-order chi connectivity index (χ1) is 12.0. The van der Waals surface area contributed by atoms with Crippen molar-refractivity contribution in [3.63, 3.8) is 0 Å². The van der Waals surface area contributed by atoms with Crippen molar-refractivity contribution in [1.82, 2.24) is 5.43 Å². The Morgan fingerprint density at radius 1 is 1.12 bits per heavy atom. The first-order valence-electron chi connectivity index (χ1n) is 7.58. The van der Waals surface area contributed by atoms with Gasteiger partial charge in [-0.15, -0.1) is 0 Å². The average Bonchev–Trinajstić information content (AvgIpc) is 2.59. The molecule has 0 saturated carbocycles. The summed E-state index contributed by atoms with van der Waals surface area (Å²) in [5.41, 5.74) is 4.74. The molecule has 2 N–H and O–H groups in total. The highest BCUT2D eigenvalue weighted by atomic mass is 127. The van der Waals surface area contributed by atoms with Crippen molar-refractivity contribution in [1.29, 1.82) is 0 Å². The van der Waals surface area contributed by atoms with Crippen LogP contribution in [0.3, 0.4) is 0 Å². The van der Waals surface area contributed by atoms with Gasteiger partial charge in [0.2, 0.25) is 11.8 Å². The number of amides is 2. The van der Waals surface area contributed by atoms with Crippen molar-refractivity contribution in [3.8, 4) is 0 Å². The molecule has 5 nitrogen and oxygen atoms in total. The van der Waals surface area contributed by atoms with Gasteiger partial charge in [-0.25, -0.2) is 5.43 Å². The maximum Gasteiger partial charge on any atom is 0.240 e. The predicted octanol–water partition coefficient (Wildman–Crippen LogP) is 4.12. The first kappa shape index (κ1) is 19.4. The fourth-order valence-electron chi connectivity index (χ4n) is 1.97. The Kier molecular flexibility index (Phi) is 7.39. The zero-order chi connectivity index (χ0) is 18.2. The Morgan fingerprint density at radius 2 is 1.80 bits per heavy atom. The summed E-state index contributed by atoms with van der Waals surface area (Å²) in [7, 11) is 0. The minimum atomic E-state index is -0.320. The molecule has 0 heterocycles. The summed E-state index contributed by atoms with van der Waals surface area (Å²) in [4.78, 5) is 23.7. The van der Waals surface area contributed by atoms with Crippen LogP contribution in [-0.4, -0.2) is 18.0 Å². The molecule has 0 aliphatic carbocycles. The molecule has 0 bridgehead atoms. The van der Waals surface area contributed by atoms with E-state index in [1.54, 1.807) is 24.4 Å². The molecule has 0 aliphatic rings. The third kappa shape index (κ3) is 6.47. The van der Waals surface area contributed by atoms with Gasteiger partial charge < -0.3 is 5.32 Å². The molecule has 2 aromatic carbocycles. The van der Waals surface area contributed by atoms with E-state index in [1.807, 2.05) is 31.2 Å². The summed E-state index contributed by atoms with van der Waals surface area (Å²) >= 11 is 8.22. The maximum absolute atomic E-state index is 11.9. The Morgan fingerprint density at radius 3 is 2.52 bits per heavy atom. The smallest absolute Gasteiger partial charge is 0.240 e. The second kappa shape index (κ2) is 9.53. The van der Waals surface area contributed by atoms with Crippen LogP contribution in [0.2, 0.25) is 5.02 Å². The van der Waals surface area contributed by atoms with Crippen LogP contribution < -0.4 is 10.7 Å². The highest BCUT2D eigenvalue weighted by Crippen LogP contribution is 2.23. The quantitative estimate of drug-likeness (QED) is 0.379. The molecular formula is C18H17ClIN3O2. The Labute approximate surface area is 165 Å². The van der Waals surface area contributed by atoms with Gasteiger partial charge in [-0.1, -0.05) is 29.8 Å². The molecule has 0 aromatic heterocycles. The van der Waals surface area contributed by atoms with Gasteiger partial charge in [0.1, 0.15) is 0 Å². The summed E-state index contributed by atoms with van der Waals surface area (Å²) in [6.45, 7) is 1.82. The van der Waals surface area contributed by atoms with E-state index in [4.69, 9.17) is 11.6 Å². The van der Waals surface area contributed by atoms with Crippen LogP contribution in [0.4, 0.5) is 5.69 Å². The lowest BCUT2D eigenvalue weighted by Crippen LogP contribution is -2.20. The monoisotopic (exact) mass is 469 g/mol. The number of hydrogen-bond acceptors (Lipinski definition) is 3. The highest BCUT2D eigenvalue weighted by Gasteiger charge is 2.09.